The van der Waals surface area contributed by atoms with Gasteiger partial charge in [0.2, 0.25) is 35.4 Å². The number of hydrogen-bond donors (Lipinski definition) is 6. The number of nitrogens with zero attached hydrogens (tertiary/aromatic N) is 2. The van der Waals surface area contributed by atoms with Crippen molar-refractivity contribution in [2.75, 3.05) is 0 Å². The van der Waals surface area contributed by atoms with Gasteiger partial charge in [0, 0.05) is 72.8 Å². The van der Waals surface area contributed by atoms with Gasteiger partial charge in [0.15, 0.2) is 33.3 Å². The molecule has 0 saturated carbocycles. The van der Waals surface area contributed by atoms with Gasteiger partial charge >= 0.3 is 11.9 Å². The normalized spacial score (nSPS) is 18.5. The highest BCUT2D eigenvalue weighted by molar-refractivity contribution is 6.85. The molecule has 2 aliphatic rings. The zero-order valence-electron chi connectivity index (χ0n) is 59.3. The molecule has 10 atom stereocenters. The Kier molecular flexibility index (Phi) is 37.8. The Morgan fingerprint density at radius 1 is 0.467 bits per heavy atom. The second-order valence-electron chi connectivity index (χ2n) is 30.2. The lowest BCUT2D eigenvalue weighted by atomic mass is 9.97. The van der Waals surface area contributed by atoms with Crippen molar-refractivity contribution in [3.8, 4) is 0 Å². The first-order valence-corrected chi connectivity index (χ1v) is 46.5. The Labute approximate surface area is 551 Å². The lowest BCUT2D eigenvalue weighted by Gasteiger charge is -2.34. The molecule has 2 fully saturated rings. The number of hydrogen-bond acceptors (Lipinski definition) is 12. The summed E-state index contributed by atoms with van der Waals surface area (Å²) in [6.07, 6.45) is 12.6. The highest BCUT2D eigenvalue weighted by Gasteiger charge is 2.43. The number of nitrogens with one attached hydrogen (secondary N) is 4. The van der Waals surface area contributed by atoms with Gasteiger partial charge in [-0.3, -0.25) is 48.2 Å². The van der Waals surface area contributed by atoms with Gasteiger partial charge in [0.1, 0.15) is 15.7 Å². The summed E-state index contributed by atoms with van der Waals surface area (Å²) in [5, 5.41) is 31.0. The molecule has 18 nitrogen and oxygen atoms in total. The van der Waals surface area contributed by atoms with Gasteiger partial charge in [-0.1, -0.05) is 66.5 Å². The lowest BCUT2D eigenvalue weighted by Crippen LogP contribution is -2.44. The van der Waals surface area contributed by atoms with Crippen LogP contribution in [0.4, 0.5) is 0 Å². The van der Waals surface area contributed by atoms with E-state index in [-0.39, 0.29) is 96.4 Å². The summed E-state index contributed by atoms with van der Waals surface area (Å²) in [4.78, 5) is 104. The molecule has 0 aliphatic carbocycles. The lowest BCUT2D eigenvalue weighted by molar-refractivity contribution is -0.143. The third kappa shape index (κ3) is 35.4. The van der Waals surface area contributed by atoms with E-state index in [1.54, 1.807) is 0 Å². The molecular weight excluding hydrogens is 1200 g/mol. The van der Waals surface area contributed by atoms with E-state index in [9.17, 15) is 48.6 Å². The van der Waals surface area contributed by atoms with E-state index in [0.717, 1.165) is 88.4 Å². The first-order valence-electron chi connectivity index (χ1n) is 34.0. The molecule has 10 unspecified atom stereocenters. The van der Waals surface area contributed by atoms with Crippen molar-refractivity contribution < 1.29 is 56.8 Å². The minimum Gasteiger partial charge on any atom is -0.481 e. The van der Waals surface area contributed by atoms with Crippen LogP contribution in [-0.4, -0.2) is 153 Å². The third-order valence-electron chi connectivity index (χ3n) is 17.5. The highest BCUT2D eigenvalue weighted by Crippen LogP contribution is 2.34. The van der Waals surface area contributed by atoms with Crippen molar-refractivity contribution in [2.24, 2.45) is 35.5 Å². The maximum Gasteiger partial charge on any atom is 0.304 e. The van der Waals surface area contributed by atoms with Crippen LogP contribution >= 0.6 is 0 Å². The second-order valence-corrected chi connectivity index (χ2v) is 47.9. The summed E-state index contributed by atoms with van der Waals surface area (Å²) in [5.74, 6) is -2.94. The molecule has 6 amide bonds. The maximum atomic E-state index is 13.0. The monoisotopic (exact) mass is 1330 g/mol. The van der Waals surface area contributed by atoms with E-state index in [0.29, 0.717) is 74.4 Å². The Morgan fingerprint density at radius 3 is 1.01 bits per heavy atom. The Hall–Kier alpha value is -3.84. The fraction of sp³-hybridized carbons (Fsp3) is 0.818. The highest BCUT2D eigenvalue weighted by atomic mass is 28.4. The summed E-state index contributed by atoms with van der Waals surface area (Å²) >= 11 is 0. The molecule has 90 heavy (non-hydrogen) atoms. The SMILES string of the molecule is CC(C)CCC(C)N1C(=O)CC(CCC[Si](C)(C)O[Si](C)(C)CCCC2CC(=O)N(C(C)CCC(C)C)C2=O)C1=O.[B]C(=C)NC(C)CCC(C)NC(=O)C(CCC[Si](C)(C)O[Si](C)(C)CCCC(CC(=O)O)C(=O)NC(C)CCC(C)NC([B])=C)CC(=O)O. The van der Waals surface area contributed by atoms with Crippen LogP contribution in [0.2, 0.25) is 76.6 Å². The molecule has 2 saturated heterocycles. The topological polar surface area (TPSA) is 250 Å². The molecule has 2 aliphatic heterocycles. The Balaban J connectivity index is 0.000000913. The van der Waals surface area contributed by atoms with Gasteiger partial charge in [-0.25, -0.2) is 0 Å². The molecule has 2 rings (SSSR count). The number of rotatable bonds is 46. The average molecular weight is 1330 g/mol. The van der Waals surface area contributed by atoms with E-state index in [1.807, 2.05) is 41.5 Å². The second kappa shape index (κ2) is 40.4. The van der Waals surface area contributed by atoms with Crippen molar-refractivity contribution in [3.05, 3.63) is 24.4 Å². The molecule has 24 heteroatoms. The summed E-state index contributed by atoms with van der Waals surface area (Å²) < 4.78 is 13.6. The minimum atomic E-state index is -2.16. The van der Waals surface area contributed by atoms with Crippen LogP contribution in [0.25, 0.3) is 0 Å². The van der Waals surface area contributed by atoms with Crippen LogP contribution < -0.4 is 21.3 Å². The quantitative estimate of drug-likeness (QED) is 0.0245. The number of likely N-dealkylation sites (tertiary alicyclic amines) is 2. The first-order chi connectivity index (χ1) is 41.4. The fourth-order valence-corrected chi connectivity index (χ4v) is 30.6. The predicted octanol–water partition coefficient (Wildman–Crippen LogP) is 12.3. The molecule has 0 aromatic rings. The number of aliphatic carboxylic acids is 2. The minimum absolute atomic E-state index is 0.00636. The van der Waals surface area contributed by atoms with Crippen LogP contribution in [0.1, 0.15) is 198 Å². The Bertz CT molecular complexity index is 2180. The van der Waals surface area contributed by atoms with Gasteiger partial charge in [0.05, 0.1) is 12.8 Å². The third-order valence-corrected chi connectivity index (χ3v) is 32.6. The number of carbonyl (C=O) groups excluding carboxylic acids is 6. The van der Waals surface area contributed by atoms with Crippen molar-refractivity contribution in [1.29, 1.82) is 0 Å². The van der Waals surface area contributed by atoms with Crippen LogP contribution in [-0.2, 0) is 46.6 Å². The largest absolute Gasteiger partial charge is 0.481 e. The van der Waals surface area contributed by atoms with Crippen molar-refractivity contribution in [1.82, 2.24) is 31.1 Å². The van der Waals surface area contributed by atoms with Crippen LogP contribution in [0, 0.1) is 35.5 Å². The van der Waals surface area contributed by atoms with Gasteiger partial charge in [-0.15, -0.1) is 0 Å². The van der Waals surface area contributed by atoms with E-state index in [2.05, 4.69) is 114 Å². The van der Waals surface area contributed by atoms with Crippen molar-refractivity contribution in [3.63, 3.8) is 0 Å². The van der Waals surface area contributed by atoms with Gasteiger partial charge < -0.3 is 39.7 Å². The van der Waals surface area contributed by atoms with E-state index >= 15 is 0 Å². The van der Waals surface area contributed by atoms with Crippen LogP contribution in [0.5, 0.6) is 0 Å². The summed E-state index contributed by atoms with van der Waals surface area (Å²) in [5.41, 5.74) is 0.792. The summed E-state index contributed by atoms with van der Waals surface area (Å²) in [6.45, 7) is 45.4. The zero-order valence-corrected chi connectivity index (χ0v) is 63.3. The van der Waals surface area contributed by atoms with E-state index in [1.165, 1.54) is 9.80 Å². The van der Waals surface area contributed by atoms with Crippen molar-refractivity contribution in [2.45, 2.75) is 310 Å². The molecule has 0 spiro atoms. The van der Waals surface area contributed by atoms with Crippen LogP contribution in [0.3, 0.4) is 0 Å². The molecule has 4 radical (unpaired) electrons. The molecule has 0 aromatic heterocycles. The summed E-state index contributed by atoms with van der Waals surface area (Å²) in [6, 6.07) is 3.47. The fourth-order valence-electron chi connectivity index (χ4n) is 12.7. The molecule has 0 aromatic carbocycles. The number of carboxylic acids is 2. The smallest absolute Gasteiger partial charge is 0.304 e. The van der Waals surface area contributed by atoms with Crippen LogP contribution in [0.15, 0.2) is 24.4 Å². The summed E-state index contributed by atoms with van der Waals surface area (Å²) in [7, 11) is 2.99. The number of imide groups is 2. The van der Waals surface area contributed by atoms with E-state index < -0.39 is 57.0 Å². The zero-order chi connectivity index (χ0) is 69.1. The predicted molar refractivity (Wildman–Crippen MR) is 375 cm³/mol. The molecule has 6 N–H and O–H groups in total. The van der Waals surface area contributed by atoms with E-state index in [4.69, 9.17) is 23.9 Å². The molecule has 0 bridgehead atoms. The number of amides is 6. The standard InChI is InChI=1S/C34H64B2N4O7Si2.C32H60N2O5Si2/c1-23(37-27(5)35)15-17-25(3)39-33(45)29(21-31(41)42)13-11-19-48(7,8)47-49(9,10)20-12-14-30(22-32(43)44)34(46)40-26(4)18-16-24(2)38-28(6)36;1-23(2)15-17-25(5)33-29(35)21-27(31(33)37)13-11-19-40(7,8)39-41(9,10)20-12-14-28-22-30(36)34(32(28)38)26(6)18-16-24(3)4/h23-26,29-30,37-38H,5-6,11-22H2,1-4,7-10H3,(H,39,45)(H,40,46)(H,41,42)(H,43,44);23-28H,11-22H2,1-10H3. The Morgan fingerprint density at radius 2 is 0.744 bits per heavy atom. The number of carboxylic acid groups (broad SMARTS) is 2. The molecular formula is C66H124B2N6O12Si4. The number of carbonyl (C=O) groups is 8. The van der Waals surface area contributed by atoms with Crippen molar-refractivity contribution >= 4 is 96.3 Å². The first kappa shape index (κ1) is 84.2. The van der Waals surface area contributed by atoms with Gasteiger partial charge in [-0.2, -0.15) is 0 Å². The maximum absolute atomic E-state index is 13.0. The molecule has 512 valence electrons. The van der Waals surface area contributed by atoms with Gasteiger partial charge in [-0.05, 0) is 218 Å². The average Bonchev–Trinajstić information content (AvgIpc) is 2.39. The van der Waals surface area contributed by atoms with Gasteiger partial charge in [0.25, 0.3) is 0 Å². The molecule has 2 heterocycles.